The first-order valence-corrected chi connectivity index (χ1v) is 11.2. The van der Waals surface area contributed by atoms with E-state index < -0.39 is 0 Å². The first-order chi connectivity index (χ1) is 14.1. The number of rotatable bonds is 6. The molecule has 29 heavy (non-hydrogen) atoms. The molecule has 1 aliphatic heterocycles. The fraction of sp³-hybridized carbons (Fsp3) is 0.652. The van der Waals surface area contributed by atoms with Crippen LogP contribution in [0.1, 0.15) is 38.2 Å². The normalized spacial score (nSPS) is 28.2. The summed E-state index contributed by atoms with van der Waals surface area (Å²) in [6.45, 7) is 6.90. The molecule has 3 amide bonds. The number of hydrogen-bond acceptors (Lipinski definition) is 4. The number of imide groups is 1. The second-order valence-corrected chi connectivity index (χ2v) is 9.19. The maximum Gasteiger partial charge on any atom is 0.321 e. The second kappa shape index (κ2) is 9.26. The highest BCUT2D eigenvalue weighted by molar-refractivity contribution is 5.95. The van der Waals surface area contributed by atoms with Crippen molar-refractivity contribution in [3.8, 4) is 0 Å². The fourth-order valence-electron chi connectivity index (χ4n) is 5.57. The Hall–Kier alpha value is -1.92. The molecular weight excluding hydrogens is 364 g/mol. The van der Waals surface area contributed by atoms with Gasteiger partial charge in [0.05, 0.1) is 6.54 Å². The molecule has 0 aromatic heterocycles. The standard InChI is InChI=1S/C23H34N4O2/c1-17(21-14-19-7-8-20(21)13-19)24-23(29)25-22(28)16-27-11-9-26(10-12-27)15-18-5-3-2-4-6-18/h2-6,17,19-21H,7-16H2,1H3,(H2,24,25,28,29). The van der Waals surface area contributed by atoms with Gasteiger partial charge in [-0.1, -0.05) is 36.8 Å². The van der Waals surface area contributed by atoms with E-state index in [1.807, 2.05) is 6.07 Å². The summed E-state index contributed by atoms with van der Waals surface area (Å²) in [4.78, 5) is 29.1. The number of hydrogen-bond donors (Lipinski definition) is 2. The molecule has 2 bridgehead atoms. The highest BCUT2D eigenvalue weighted by Gasteiger charge is 2.42. The third kappa shape index (κ3) is 5.37. The van der Waals surface area contributed by atoms with Crippen LogP contribution in [0.2, 0.25) is 0 Å². The Labute approximate surface area is 174 Å². The number of carbonyl (C=O) groups excluding carboxylic acids is 2. The lowest BCUT2D eigenvalue weighted by atomic mass is 9.84. The van der Waals surface area contributed by atoms with Crippen molar-refractivity contribution in [1.29, 1.82) is 0 Å². The van der Waals surface area contributed by atoms with Gasteiger partial charge in [0.15, 0.2) is 0 Å². The van der Waals surface area contributed by atoms with Gasteiger partial charge in [0, 0.05) is 38.8 Å². The summed E-state index contributed by atoms with van der Waals surface area (Å²) in [5, 5.41) is 5.54. The molecule has 0 radical (unpaired) electrons. The number of piperazine rings is 1. The average Bonchev–Trinajstić information content (AvgIpc) is 3.34. The lowest BCUT2D eigenvalue weighted by Crippen LogP contribution is -2.52. The Morgan fingerprint density at radius 3 is 2.41 bits per heavy atom. The van der Waals surface area contributed by atoms with Crippen molar-refractivity contribution in [2.75, 3.05) is 32.7 Å². The van der Waals surface area contributed by atoms with E-state index in [4.69, 9.17) is 0 Å². The van der Waals surface area contributed by atoms with Crippen LogP contribution in [0, 0.1) is 17.8 Å². The number of fused-ring (bicyclic) bond motifs is 2. The highest BCUT2D eigenvalue weighted by atomic mass is 16.2. The minimum absolute atomic E-state index is 0.139. The minimum atomic E-state index is -0.340. The molecule has 4 atom stereocenters. The molecule has 1 aromatic carbocycles. The van der Waals surface area contributed by atoms with E-state index in [0.717, 1.165) is 44.6 Å². The number of carbonyl (C=O) groups is 2. The van der Waals surface area contributed by atoms with E-state index >= 15 is 0 Å². The average molecular weight is 399 g/mol. The van der Waals surface area contributed by atoms with Crippen LogP contribution in [0.25, 0.3) is 0 Å². The summed E-state index contributed by atoms with van der Waals surface area (Å²) in [5.41, 5.74) is 1.32. The maximum absolute atomic E-state index is 12.3. The van der Waals surface area contributed by atoms with Crippen molar-refractivity contribution in [2.24, 2.45) is 17.8 Å². The fourth-order valence-corrected chi connectivity index (χ4v) is 5.57. The molecule has 6 heteroatoms. The van der Waals surface area contributed by atoms with Crippen molar-refractivity contribution < 1.29 is 9.59 Å². The molecule has 4 rings (SSSR count). The zero-order valence-corrected chi connectivity index (χ0v) is 17.5. The van der Waals surface area contributed by atoms with Crippen LogP contribution in [0.5, 0.6) is 0 Å². The van der Waals surface area contributed by atoms with Gasteiger partial charge >= 0.3 is 6.03 Å². The van der Waals surface area contributed by atoms with Gasteiger partial charge in [0.2, 0.25) is 5.91 Å². The Bertz CT molecular complexity index is 702. The summed E-state index contributed by atoms with van der Waals surface area (Å²) in [7, 11) is 0. The van der Waals surface area contributed by atoms with Crippen LogP contribution in [0.15, 0.2) is 30.3 Å². The number of urea groups is 1. The van der Waals surface area contributed by atoms with Crippen LogP contribution in [-0.2, 0) is 11.3 Å². The van der Waals surface area contributed by atoms with Gasteiger partial charge in [0.1, 0.15) is 0 Å². The Kier molecular flexibility index (Phi) is 6.50. The molecule has 1 aromatic rings. The summed E-state index contributed by atoms with van der Waals surface area (Å²) in [6, 6.07) is 10.3. The third-order valence-corrected chi connectivity index (χ3v) is 7.13. The quantitative estimate of drug-likeness (QED) is 0.773. The lowest BCUT2D eigenvalue weighted by Gasteiger charge is -2.34. The van der Waals surface area contributed by atoms with Crippen LogP contribution in [0.3, 0.4) is 0 Å². The number of benzene rings is 1. The molecule has 1 heterocycles. The van der Waals surface area contributed by atoms with Crippen molar-refractivity contribution in [3.63, 3.8) is 0 Å². The molecule has 2 saturated carbocycles. The predicted molar refractivity (Wildman–Crippen MR) is 113 cm³/mol. The predicted octanol–water partition coefficient (Wildman–Crippen LogP) is 2.45. The van der Waals surface area contributed by atoms with Gasteiger partial charge in [0.25, 0.3) is 0 Å². The summed E-state index contributed by atoms with van der Waals surface area (Å²) in [5.74, 6) is 1.99. The molecule has 158 valence electrons. The molecule has 6 nitrogen and oxygen atoms in total. The molecule has 2 N–H and O–H groups in total. The van der Waals surface area contributed by atoms with Crippen molar-refractivity contribution in [3.05, 3.63) is 35.9 Å². The largest absolute Gasteiger partial charge is 0.335 e. The molecule has 2 aliphatic carbocycles. The first kappa shape index (κ1) is 20.4. The van der Waals surface area contributed by atoms with E-state index in [1.165, 1.54) is 31.2 Å². The number of nitrogens with zero attached hydrogens (tertiary/aromatic N) is 2. The van der Waals surface area contributed by atoms with Crippen molar-refractivity contribution >= 4 is 11.9 Å². The van der Waals surface area contributed by atoms with Gasteiger partial charge < -0.3 is 5.32 Å². The molecule has 3 aliphatic rings. The van der Waals surface area contributed by atoms with E-state index in [2.05, 4.69) is 51.6 Å². The third-order valence-electron chi connectivity index (χ3n) is 7.13. The van der Waals surface area contributed by atoms with E-state index in [0.29, 0.717) is 5.92 Å². The molecule has 3 fully saturated rings. The van der Waals surface area contributed by atoms with E-state index in [9.17, 15) is 9.59 Å². The van der Waals surface area contributed by atoms with E-state index in [-0.39, 0.29) is 24.5 Å². The monoisotopic (exact) mass is 398 g/mol. The SMILES string of the molecule is CC(NC(=O)NC(=O)CN1CCN(Cc2ccccc2)CC1)C1CC2CCC1C2. The summed E-state index contributed by atoms with van der Waals surface area (Å²) in [6.07, 6.45) is 5.22. The van der Waals surface area contributed by atoms with Gasteiger partial charge in [-0.15, -0.1) is 0 Å². The smallest absolute Gasteiger partial charge is 0.321 e. The minimum Gasteiger partial charge on any atom is -0.335 e. The molecule has 1 saturated heterocycles. The van der Waals surface area contributed by atoms with Crippen LogP contribution in [-0.4, -0.2) is 60.5 Å². The summed E-state index contributed by atoms with van der Waals surface area (Å²) < 4.78 is 0. The van der Waals surface area contributed by atoms with Gasteiger partial charge in [-0.25, -0.2) is 4.79 Å². The van der Waals surface area contributed by atoms with Crippen molar-refractivity contribution in [1.82, 2.24) is 20.4 Å². The zero-order chi connectivity index (χ0) is 20.2. The van der Waals surface area contributed by atoms with Crippen LogP contribution in [0.4, 0.5) is 4.79 Å². The zero-order valence-electron chi connectivity index (χ0n) is 17.5. The van der Waals surface area contributed by atoms with Crippen LogP contribution < -0.4 is 10.6 Å². The second-order valence-electron chi connectivity index (χ2n) is 9.19. The maximum atomic E-state index is 12.3. The van der Waals surface area contributed by atoms with Crippen LogP contribution >= 0.6 is 0 Å². The lowest BCUT2D eigenvalue weighted by molar-refractivity contribution is -0.121. The molecular formula is C23H34N4O2. The van der Waals surface area contributed by atoms with Gasteiger partial charge in [-0.05, 0) is 49.5 Å². The Balaban J connectivity index is 1.14. The molecule has 0 spiro atoms. The van der Waals surface area contributed by atoms with Gasteiger partial charge in [-0.2, -0.15) is 0 Å². The highest BCUT2D eigenvalue weighted by Crippen LogP contribution is 2.49. The topological polar surface area (TPSA) is 64.7 Å². The van der Waals surface area contributed by atoms with Crippen molar-refractivity contribution in [2.45, 2.75) is 45.2 Å². The Morgan fingerprint density at radius 2 is 1.76 bits per heavy atom. The number of nitrogens with one attached hydrogen (secondary N) is 2. The first-order valence-electron chi connectivity index (χ1n) is 11.2. The summed E-state index contributed by atoms with van der Waals surface area (Å²) >= 11 is 0. The molecule has 4 unspecified atom stereocenters. The Morgan fingerprint density at radius 1 is 1.03 bits per heavy atom. The van der Waals surface area contributed by atoms with E-state index in [1.54, 1.807) is 0 Å². The van der Waals surface area contributed by atoms with Gasteiger partial charge in [-0.3, -0.25) is 19.9 Å². The number of amides is 3.